The number of rotatable bonds is 9. The fourth-order valence-electron chi connectivity index (χ4n) is 4.02. The predicted molar refractivity (Wildman–Crippen MR) is 140 cm³/mol. The number of nitrogens with one attached hydrogen (secondary N) is 1. The average Bonchev–Trinajstić information content (AvgIpc) is 3.23. The summed E-state index contributed by atoms with van der Waals surface area (Å²) in [6.45, 7) is 3.79. The minimum Gasteiger partial charge on any atom is -0.473 e. The van der Waals surface area contributed by atoms with Crippen LogP contribution in [0.3, 0.4) is 0 Å². The summed E-state index contributed by atoms with van der Waals surface area (Å²) in [7, 11) is 1.96. The lowest BCUT2D eigenvalue weighted by Crippen LogP contribution is -2.02. The Hall–Kier alpha value is -4.32. The van der Waals surface area contributed by atoms with Crippen molar-refractivity contribution in [3.63, 3.8) is 0 Å². The molecule has 0 atom stereocenters. The molecular formula is C29H28N4O2. The first-order valence-corrected chi connectivity index (χ1v) is 11.8. The van der Waals surface area contributed by atoms with Crippen molar-refractivity contribution in [2.75, 3.05) is 11.9 Å². The largest absolute Gasteiger partial charge is 0.473 e. The number of benzene rings is 3. The fourth-order valence-corrected chi connectivity index (χ4v) is 4.02. The molecule has 35 heavy (non-hydrogen) atoms. The smallest absolute Gasteiger partial charge is 0.226 e. The highest BCUT2D eigenvalue weighted by atomic mass is 16.5. The Morgan fingerprint density at radius 1 is 0.800 bits per heavy atom. The number of fused-ring (bicyclic) bond motifs is 1. The Morgan fingerprint density at radius 2 is 1.49 bits per heavy atom. The van der Waals surface area contributed by atoms with Crippen LogP contribution in [0, 0.1) is 0 Å². The second-order valence-electron chi connectivity index (χ2n) is 8.29. The van der Waals surface area contributed by atoms with Gasteiger partial charge in [0.25, 0.3) is 0 Å². The van der Waals surface area contributed by atoms with Crippen molar-refractivity contribution >= 4 is 16.6 Å². The Kier molecular flexibility index (Phi) is 6.61. The van der Waals surface area contributed by atoms with Crippen molar-refractivity contribution in [3.05, 3.63) is 102 Å². The lowest BCUT2D eigenvalue weighted by Gasteiger charge is -2.12. The maximum absolute atomic E-state index is 6.24. The van der Waals surface area contributed by atoms with Gasteiger partial charge in [0, 0.05) is 30.7 Å². The van der Waals surface area contributed by atoms with E-state index in [0.717, 1.165) is 45.5 Å². The van der Waals surface area contributed by atoms with E-state index < -0.39 is 0 Å². The molecule has 0 saturated heterocycles. The van der Waals surface area contributed by atoms with Crippen LogP contribution in [0.1, 0.15) is 18.1 Å². The van der Waals surface area contributed by atoms with Crippen LogP contribution in [0.15, 0.2) is 91.0 Å². The zero-order chi connectivity index (χ0) is 24.0. The number of pyridine rings is 1. The number of hydrogen-bond acceptors (Lipinski definition) is 5. The molecule has 0 bridgehead atoms. The Balaban J connectivity index is 1.50. The molecule has 2 heterocycles. The first-order chi connectivity index (χ1) is 17.2. The Morgan fingerprint density at radius 3 is 2.17 bits per heavy atom. The number of anilines is 1. The molecule has 0 amide bonds. The zero-order valence-corrected chi connectivity index (χ0v) is 19.9. The van der Waals surface area contributed by atoms with Crippen LogP contribution >= 0.6 is 0 Å². The third-order valence-corrected chi connectivity index (χ3v) is 5.77. The van der Waals surface area contributed by atoms with Gasteiger partial charge in [0.2, 0.25) is 11.8 Å². The summed E-state index contributed by atoms with van der Waals surface area (Å²) < 4.78 is 14.1. The van der Waals surface area contributed by atoms with Crippen molar-refractivity contribution < 1.29 is 9.47 Å². The number of ether oxygens (including phenoxy) is 2. The first kappa shape index (κ1) is 22.5. The number of aromatic nitrogens is 3. The maximum atomic E-state index is 6.24. The van der Waals surface area contributed by atoms with Crippen molar-refractivity contribution in [2.24, 2.45) is 7.05 Å². The van der Waals surface area contributed by atoms with Crippen LogP contribution < -0.4 is 14.8 Å². The van der Waals surface area contributed by atoms with Gasteiger partial charge in [-0.1, -0.05) is 60.7 Å². The third-order valence-electron chi connectivity index (χ3n) is 5.77. The molecule has 0 spiro atoms. The van der Waals surface area contributed by atoms with Crippen molar-refractivity contribution in [1.82, 2.24) is 14.8 Å². The average molecular weight is 465 g/mol. The van der Waals surface area contributed by atoms with Crippen LogP contribution in [0.25, 0.3) is 22.2 Å². The molecule has 0 fully saturated rings. The standard InChI is InChI=1S/C29H28N4O2/c1-3-30-23-14-15-24-26(18-23)33(2)32-28(24)25-16-17-27(34-19-21-10-6-4-7-11-21)31-29(25)35-20-22-12-8-5-9-13-22/h4-18,30H,3,19-20H2,1-2H3. The summed E-state index contributed by atoms with van der Waals surface area (Å²) in [6.07, 6.45) is 0. The summed E-state index contributed by atoms with van der Waals surface area (Å²) in [6, 6.07) is 30.3. The van der Waals surface area contributed by atoms with Crippen molar-refractivity contribution in [3.8, 4) is 23.0 Å². The van der Waals surface area contributed by atoms with E-state index in [1.54, 1.807) is 0 Å². The number of hydrogen-bond donors (Lipinski definition) is 1. The van der Waals surface area contributed by atoms with Gasteiger partial charge in [-0.25, -0.2) is 0 Å². The topological polar surface area (TPSA) is 61.2 Å². The SMILES string of the molecule is CCNc1ccc2c(-c3ccc(OCc4ccccc4)nc3OCc3ccccc3)nn(C)c2c1. The normalized spacial score (nSPS) is 10.9. The molecular weight excluding hydrogens is 436 g/mol. The van der Waals surface area contributed by atoms with E-state index in [1.165, 1.54) is 0 Å². The van der Waals surface area contributed by atoms with Crippen LogP contribution in [-0.4, -0.2) is 21.3 Å². The van der Waals surface area contributed by atoms with Gasteiger partial charge in [0.15, 0.2) is 0 Å². The van der Waals surface area contributed by atoms with Gasteiger partial charge in [-0.3, -0.25) is 4.68 Å². The van der Waals surface area contributed by atoms with Crippen molar-refractivity contribution in [1.29, 1.82) is 0 Å². The monoisotopic (exact) mass is 464 g/mol. The summed E-state index contributed by atoms with van der Waals surface area (Å²) >= 11 is 0. The first-order valence-electron chi connectivity index (χ1n) is 11.8. The molecule has 0 aliphatic rings. The Bertz CT molecular complexity index is 1420. The van der Waals surface area contributed by atoms with Crippen LogP contribution in [-0.2, 0) is 20.3 Å². The number of aryl methyl sites for hydroxylation is 1. The summed E-state index contributed by atoms with van der Waals surface area (Å²) in [5, 5.41) is 9.23. The summed E-state index contributed by atoms with van der Waals surface area (Å²) in [5.41, 5.74) is 5.91. The van der Waals surface area contributed by atoms with Crippen LogP contribution in [0.4, 0.5) is 5.69 Å². The fraction of sp³-hybridized carbons (Fsp3) is 0.172. The highest BCUT2D eigenvalue weighted by molar-refractivity contribution is 5.96. The molecule has 0 aliphatic heterocycles. The third kappa shape index (κ3) is 5.11. The second kappa shape index (κ2) is 10.3. The molecule has 0 radical (unpaired) electrons. The lowest BCUT2D eigenvalue weighted by atomic mass is 10.1. The molecule has 0 aliphatic carbocycles. The molecule has 3 aromatic carbocycles. The second-order valence-corrected chi connectivity index (χ2v) is 8.29. The molecule has 0 unspecified atom stereocenters. The van der Waals surface area contributed by atoms with Gasteiger partial charge < -0.3 is 14.8 Å². The van der Waals surface area contributed by atoms with Gasteiger partial charge in [-0.05, 0) is 42.3 Å². The highest BCUT2D eigenvalue weighted by Crippen LogP contribution is 2.36. The Labute approximate surface area is 205 Å². The quantitative estimate of drug-likeness (QED) is 0.280. The van der Waals surface area contributed by atoms with Gasteiger partial charge in [0.05, 0.1) is 11.1 Å². The number of nitrogens with zero attached hydrogens (tertiary/aromatic N) is 3. The predicted octanol–water partition coefficient (Wildman–Crippen LogP) is 6.23. The molecule has 1 N–H and O–H groups in total. The summed E-state index contributed by atoms with van der Waals surface area (Å²) in [4.78, 5) is 4.74. The van der Waals surface area contributed by atoms with E-state index in [-0.39, 0.29) is 0 Å². The van der Waals surface area contributed by atoms with E-state index in [0.29, 0.717) is 25.0 Å². The molecule has 6 heteroatoms. The van der Waals surface area contributed by atoms with Crippen molar-refractivity contribution in [2.45, 2.75) is 20.1 Å². The van der Waals surface area contributed by atoms with E-state index in [1.807, 2.05) is 84.5 Å². The minimum atomic E-state index is 0.401. The lowest BCUT2D eigenvalue weighted by molar-refractivity contribution is 0.268. The zero-order valence-electron chi connectivity index (χ0n) is 19.9. The van der Waals surface area contributed by atoms with Crippen LogP contribution in [0.2, 0.25) is 0 Å². The minimum absolute atomic E-state index is 0.401. The van der Waals surface area contributed by atoms with E-state index in [4.69, 9.17) is 19.6 Å². The van der Waals surface area contributed by atoms with Gasteiger partial charge in [-0.2, -0.15) is 10.1 Å². The van der Waals surface area contributed by atoms with Gasteiger partial charge >= 0.3 is 0 Å². The van der Waals surface area contributed by atoms with E-state index in [2.05, 4.69) is 30.4 Å². The van der Waals surface area contributed by atoms with Crippen LogP contribution in [0.5, 0.6) is 11.8 Å². The van der Waals surface area contributed by atoms with E-state index >= 15 is 0 Å². The molecule has 2 aromatic heterocycles. The molecule has 6 nitrogen and oxygen atoms in total. The molecule has 0 saturated carbocycles. The van der Waals surface area contributed by atoms with Gasteiger partial charge in [-0.15, -0.1) is 0 Å². The summed E-state index contributed by atoms with van der Waals surface area (Å²) in [5.74, 6) is 1.01. The highest BCUT2D eigenvalue weighted by Gasteiger charge is 2.18. The molecule has 5 rings (SSSR count). The van der Waals surface area contributed by atoms with E-state index in [9.17, 15) is 0 Å². The van der Waals surface area contributed by atoms with Gasteiger partial charge in [0.1, 0.15) is 18.9 Å². The maximum Gasteiger partial charge on any atom is 0.226 e. The molecule has 176 valence electrons. The molecule has 5 aromatic rings.